The quantitative estimate of drug-likeness (QED) is 0.495. The molecule has 0 unspecified atom stereocenters. The van der Waals surface area contributed by atoms with Crippen LogP contribution in [0.5, 0.6) is 0 Å². The molecule has 2 atom stereocenters. The summed E-state index contributed by atoms with van der Waals surface area (Å²) in [6.45, 7) is 4.29. The fourth-order valence-corrected chi connectivity index (χ4v) is 3.31. The highest BCUT2D eigenvalue weighted by atomic mass is 35.5. The van der Waals surface area contributed by atoms with E-state index in [1.165, 1.54) is 0 Å². The zero-order valence-electron chi connectivity index (χ0n) is 13.2. The van der Waals surface area contributed by atoms with Gasteiger partial charge in [0.25, 0.3) is 0 Å². The topological polar surface area (TPSA) is 95.3 Å². The molecule has 1 saturated heterocycles. The van der Waals surface area contributed by atoms with Gasteiger partial charge >= 0.3 is 5.97 Å². The second-order valence-electron chi connectivity index (χ2n) is 6.52. The highest BCUT2D eigenvalue weighted by Crippen LogP contribution is 2.40. The molecular formula is C16H20ClN3O3. The van der Waals surface area contributed by atoms with Crippen molar-refractivity contribution in [2.75, 3.05) is 6.61 Å². The summed E-state index contributed by atoms with van der Waals surface area (Å²) in [5.41, 5.74) is 7.79. The number of azide groups is 1. The van der Waals surface area contributed by atoms with E-state index in [9.17, 15) is 9.90 Å². The van der Waals surface area contributed by atoms with Gasteiger partial charge in [-0.1, -0.05) is 28.8 Å². The molecule has 6 nitrogen and oxygen atoms in total. The van der Waals surface area contributed by atoms with Crippen LogP contribution in [0.3, 0.4) is 0 Å². The Morgan fingerprint density at radius 2 is 2.17 bits per heavy atom. The van der Waals surface area contributed by atoms with Crippen LogP contribution in [0.15, 0.2) is 29.4 Å². The summed E-state index contributed by atoms with van der Waals surface area (Å²) in [4.78, 5) is 14.9. The maximum Gasteiger partial charge on any atom is 0.316 e. The fourth-order valence-electron chi connectivity index (χ4n) is 3.19. The van der Waals surface area contributed by atoms with Gasteiger partial charge in [-0.05, 0) is 62.3 Å². The van der Waals surface area contributed by atoms with Gasteiger partial charge in [0.2, 0.25) is 0 Å². The van der Waals surface area contributed by atoms with Crippen LogP contribution in [0.1, 0.15) is 32.3 Å². The number of hydrogen-bond acceptors (Lipinski definition) is 3. The lowest BCUT2D eigenvalue weighted by atomic mass is 9.72. The summed E-state index contributed by atoms with van der Waals surface area (Å²) < 4.78 is 5.67. The van der Waals surface area contributed by atoms with Crippen molar-refractivity contribution in [2.24, 2.45) is 11.0 Å². The average Bonchev–Trinajstić information content (AvgIpc) is 2.47. The largest absolute Gasteiger partial charge is 0.481 e. The first-order valence-corrected chi connectivity index (χ1v) is 7.85. The van der Waals surface area contributed by atoms with Crippen LogP contribution < -0.4 is 0 Å². The predicted molar refractivity (Wildman–Crippen MR) is 87.4 cm³/mol. The van der Waals surface area contributed by atoms with Crippen LogP contribution in [0.2, 0.25) is 5.02 Å². The number of benzene rings is 1. The summed E-state index contributed by atoms with van der Waals surface area (Å²) in [5.74, 6) is -1.40. The van der Waals surface area contributed by atoms with E-state index in [-0.39, 0.29) is 12.3 Å². The molecule has 1 aliphatic heterocycles. The number of nitrogens with zero attached hydrogens (tertiary/aromatic N) is 3. The van der Waals surface area contributed by atoms with E-state index in [0.29, 0.717) is 24.5 Å². The van der Waals surface area contributed by atoms with Gasteiger partial charge < -0.3 is 9.84 Å². The van der Waals surface area contributed by atoms with Crippen LogP contribution in [0, 0.1) is 5.92 Å². The van der Waals surface area contributed by atoms with Crippen molar-refractivity contribution < 1.29 is 14.6 Å². The van der Waals surface area contributed by atoms with Crippen LogP contribution in [0.4, 0.5) is 0 Å². The Bertz CT molecular complexity index is 622. The number of carbonyl (C=O) groups is 1. The molecule has 0 bridgehead atoms. The van der Waals surface area contributed by atoms with Crippen molar-refractivity contribution in [3.05, 3.63) is 45.3 Å². The molecule has 7 heteroatoms. The maximum absolute atomic E-state index is 12.1. The van der Waals surface area contributed by atoms with Gasteiger partial charge in [0.15, 0.2) is 5.54 Å². The molecule has 1 aromatic carbocycles. The Morgan fingerprint density at radius 3 is 2.70 bits per heavy atom. The molecule has 1 fully saturated rings. The molecule has 0 amide bonds. The summed E-state index contributed by atoms with van der Waals surface area (Å²) >= 11 is 5.88. The highest BCUT2D eigenvalue weighted by molar-refractivity contribution is 6.30. The third-order valence-corrected chi connectivity index (χ3v) is 4.60. The van der Waals surface area contributed by atoms with Crippen molar-refractivity contribution in [2.45, 2.75) is 44.2 Å². The van der Waals surface area contributed by atoms with Crippen molar-refractivity contribution >= 4 is 17.6 Å². The molecule has 23 heavy (non-hydrogen) atoms. The SMILES string of the molecule is CC1(C)C[C@@H]([C@](Cc2ccc(Cl)cc2)(N=[N+]=[N-])C(=O)O)CCO1. The number of carboxylic acid groups (broad SMARTS) is 1. The van der Waals surface area contributed by atoms with Gasteiger partial charge in [0.05, 0.1) is 5.60 Å². The van der Waals surface area contributed by atoms with Crippen LogP contribution >= 0.6 is 11.6 Å². The number of rotatable bonds is 5. The monoisotopic (exact) mass is 337 g/mol. The number of carboxylic acids is 1. The second-order valence-corrected chi connectivity index (χ2v) is 6.96. The van der Waals surface area contributed by atoms with Gasteiger partial charge in [0, 0.05) is 16.5 Å². The molecule has 0 radical (unpaired) electrons. The van der Waals surface area contributed by atoms with Crippen LogP contribution in [0.25, 0.3) is 10.4 Å². The Balaban J connectivity index is 2.40. The number of ether oxygens (including phenoxy) is 1. The third kappa shape index (κ3) is 3.96. The highest BCUT2D eigenvalue weighted by Gasteiger charge is 2.48. The number of hydrogen-bond donors (Lipinski definition) is 1. The van der Waals surface area contributed by atoms with Crippen molar-refractivity contribution in [1.82, 2.24) is 0 Å². The molecule has 124 valence electrons. The molecule has 0 aromatic heterocycles. The zero-order chi connectivity index (χ0) is 17.1. The molecule has 2 rings (SSSR count). The van der Waals surface area contributed by atoms with E-state index in [1.54, 1.807) is 24.3 Å². The number of halogens is 1. The lowest BCUT2D eigenvalue weighted by Crippen LogP contribution is -2.51. The Kier molecular flexibility index (Phi) is 5.19. The molecule has 0 aliphatic carbocycles. The fraction of sp³-hybridized carbons (Fsp3) is 0.562. The minimum absolute atomic E-state index is 0.129. The zero-order valence-corrected chi connectivity index (χ0v) is 14.0. The number of aliphatic carboxylic acids is 1. The molecule has 1 aliphatic rings. The molecule has 1 heterocycles. The molecule has 1 N–H and O–H groups in total. The van der Waals surface area contributed by atoms with E-state index >= 15 is 0 Å². The van der Waals surface area contributed by atoms with E-state index in [2.05, 4.69) is 10.0 Å². The molecular weight excluding hydrogens is 318 g/mol. The first-order valence-electron chi connectivity index (χ1n) is 7.47. The van der Waals surface area contributed by atoms with Gasteiger partial charge in [-0.2, -0.15) is 0 Å². The molecule has 0 saturated carbocycles. The first-order chi connectivity index (χ1) is 10.8. The third-order valence-electron chi connectivity index (χ3n) is 4.35. The van der Waals surface area contributed by atoms with Crippen molar-refractivity contribution in [1.29, 1.82) is 0 Å². The van der Waals surface area contributed by atoms with Gasteiger partial charge in [-0.25, -0.2) is 0 Å². The van der Waals surface area contributed by atoms with Gasteiger partial charge in [-0.15, -0.1) is 0 Å². The lowest BCUT2D eigenvalue weighted by molar-refractivity contribution is -0.150. The normalized spacial score (nSPS) is 22.7. The summed E-state index contributed by atoms with van der Waals surface area (Å²) in [6, 6.07) is 6.93. The second kappa shape index (κ2) is 6.79. The predicted octanol–water partition coefficient (Wildman–Crippen LogP) is 4.22. The van der Waals surface area contributed by atoms with Gasteiger partial charge in [0.1, 0.15) is 0 Å². The maximum atomic E-state index is 12.1. The summed E-state index contributed by atoms with van der Waals surface area (Å²) in [6.07, 6.45) is 1.19. The van der Waals surface area contributed by atoms with Crippen molar-refractivity contribution in [3.8, 4) is 0 Å². The minimum Gasteiger partial charge on any atom is -0.481 e. The Hall–Kier alpha value is -1.75. The Morgan fingerprint density at radius 1 is 1.52 bits per heavy atom. The lowest BCUT2D eigenvalue weighted by Gasteiger charge is -2.42. The summed E-state index contributed by atoms with van der Waals surface area (Å²) in [5, 5.41) is 14.2. The average molecular weight is 338 g/mol. The molecule has 1 aromatic rings. The summed E-state index contributed by atoms with van der Waals surface area (Å²) in [7, 11) is 0. The minimum atomic E-state index is -1.52. The van der Waals surface area contributed by atoms with Crippen LogP contribution in [-0.2, 0) is 16.0 Å². The van der Waals surface area contributed by atoms with E-state index in [0.717, 1.165) is 5.56 Å². The standard InChI is InChI=1S/C16H20ClN3O3/c1-15(2)10-12(7-8-23-15)16(14(21)22,19-20-18)9-11-3-5-13(17)6-4-11/h3-6,12H,7-10H2,1-2H3,(H,21,22)/t12-,16-/m0/s1. The first kappa shape index (κ1) is 17.6. The van der Waals surface area contributed by atoms with Gasteiger partial charge in [-0.3, -0.25) is 4.79 Å². The van der Waals surface area contributed by atoms with E-state index < -0.39 is 17.1 Å². The van der Waals surface area contributed by atoms with E-state index in [1.807, 2.05) is 13.8 Å². The molecule has 0 spiro atoms. The van der Waals surface area contributed by atoms with Crippen molar-refractivity contribution in [3.63, 3.8) is 0 Å². The van der Waals surface area contributed by atoms with Crippen LogP contribution in [-0.4, -0.2) is 28.8 Å². The smallest absolute Gasteiger partial charge is 0.316 e. The van der Waals surface area contributed by atoms with E-state index in [4.69, 9.17) is 21.9 Å². The Labute approximate surface area is 140 Å².